The summed E-state index contributed by atoms with van der Waals surface area (Å²) in [6.07, 6.45) is 7.29. The summed E-state index contributed by atoms with van der Waals surface area (Å²) in [6, 6.07) is 0.343. The molecule has 9 heavy (non-hydrogen) atoms. The normalized spacial score (nSPS) is 25.4. The monoisotopic (exact) mass is 121 g/mol. The van der Waals surface area contributed by atoms with Gasteiger partial charge in [-0.2, -0.15) is 0 Å². The van der Waals surface area contributed by atoms with Crippen molar-refractivity contribution >= 4 is 6.72 Å². The average molecular weight is 121 g/mol. The van der Waals surface area contributed by atoms with Gasteiger partial charge >= 0.3 is 0 Å². The van der Waals surface area contributed by atoms with E-state index < -0.39 is 0 Å². The molecule has 1 atom stereocenters. The van der Waals surface area contributed by atoms with Gasteiger partial charge < -0.3 is 0 Å². The van der Waals surface area contributed by atoms with Crippen molar-refractivity contribution in [1.82, 2.24) is 0 Å². The Morgan fingerprint density at radius 2 is 2.56 bits per heavy atom. The van der Waals surface area contributed by atoms with E-state index in [0.717, 1.165) is 6.42 Å². The second-order valence-corrected chi connectivity index (χ2v) is 2.27. The van der Waals surface area contributed by atoms with Gasteiger partial charge in [-0.1, -0.05) is 18.2 Å². The van der Waals surface area contributed by atoms with E-state index in [1.807, 2.05) is 0 Å². The first-order valence-electron chi connectivity index (χ1n) is 3.13. The predicted molar refractivity (Wildman–Crippen MR) is 40.9 cm³/mol. The molecule has 0 aliphatic heterocycles. The minimum Gasteiger partial charge on any atom is -0.293 e. The molecule has 0 aromatic heterocycles. The Hall–Kier alpha value is -0.850. The van der Waals surface area contributed by atoms with E-state index in [2.05, 4.69) is 36.9 Å². The van der Waals surface area contributed by atoms with Gasteiger partial charge in [-0.15, -0.1) is 0 Å². The Labute approximate surface area is 55.8 Å². The molecule has 0 bridgehead atoms. The molecular weight excluding hydrogens is 110 g/mol. The third-order valence-electron chi connectivity index (χ3n) is 1.60. The number of allylic oxidation sites excluding steroid dienone is 2. The van der Waals surface area contributed by atoms with E-state index >= 15 is 0 Å². The van der Waals surface area contributed by atoms with E-state index in [9.17, 15) is 0 Å². The fourth-order valence-corrected chi connectivity index (χ4v) is 0.943. The summed E-state index contributed by atoms with van der Waals surface area (Å²) in [4.78, 5) is 3.96. The van der Waals surface area contributed by atoms with Crippen LogP contribution in [0, 0.1) is 0 Å². The lowest BCUT2D eigenvalue weighted by Gasteiger charge is -2.11. The molecule has 0 heterocycles. The summed E-state index contributed by atoms with van der Waals surface area (Å²) in [7, 11) is 0. The van der Waals surface area contributed by atoms with Crippen LogP contribution in [-0.2, 0) is 0 Å². The molecule has 1 nitrogen and oxygen atoms in total. The number of aliphatic imine (C=N–C) groups is 1. The third kappa shape index (κ3) is 1.28. The maximum absolute atomic E-state index is 3.96. The maximum Gasteiger partial charge on any atom is 0.0736 e. The molecule has 0 aromatic carbocycles. The first kappa shape index (κ1) is 6.27. The van der Waals surface area contributed by atoms with Crippen LogP contribution in [-0.4, -0.2) is 12.8 Å². The zero-order valence-corrected chi connectivity index (χ0v) is 5.67. The molecule has 1 unspecified atom stereocenters. The molecule has 1 rings (SSSR count). The molecule has 0 saturated heterocycles. The van der Waals surface area contributed by atoms with Crippen LogP contribution in [0.25, 0.3) is 0 Å². The lowest BCUT2D eigenvalue weighted by atomic mass is 10.0. The highest BCUT2D eigenvalue weighted by atomic mass is 14.7. The first-order chi connectivity index (χ1) is 4.34. The summed E-state index contributed by atoms with van der Waals surface area (Å²) < 4.78 is 0. The van der Waals surface area contributed by atoms with Crippen LogP contribution in [0.15, 0.2) is 28.8 Å². The van der Waals surface area contributed by atoms with Crippen LogP contribution in [0.4, 0.5) is 0 Å². The molecule has 48 valence electrons. The maximum atomic E-state index is 3.96. The Kier molecular flexibility index (Phi) is 1.83. The largest absolute Gasteiger partial charge is 0.293 e. The second-order valence-electron chi connectivity index (χ2n) is 2.27. The molecule has 0 radical (unpaired) electrons. The van der Waals surface area contributed by atoms with E-state index in [0.29, 0.717) is 6.04 Å². The van der Waals surface area contributed by atoms with E-state index in [1.165, 1.54) is 5.57 Å². The fourth-order valence-electron chi connectivity index (χ4n) is 0.943. The Balaban J connectivity index is 2.69. The number of hydrogen-bond acceptors (Lipinski definition) is 1. The second kappa shape index (κ2) is 2.62. The van der Waals surface area contributed by atoms with Gasteiger partial charge in [0.05, 0.1) is 6.04 Å². The van der Waals surface area contributed by atoms with Crippen molar-refractivity contribution in [3.8, 4) is 0 Å². The molecule has 1 aliphatic carbocycles. The van der Waals surface area contributed by atoms with Crippen LogP contribution in [0.5, 0.6) is 0 Å². The van der Waals surface area contributed by atoms with Gasteiger partial charge in [0, 0.05) is 0 Å². The molecule has 1 heteroatoms. The van der Waals surface area contributed by atoms with Crippen molar-refractivity contribution in [3.05, 3.63) is 23.8 Å². The Bertz CT molecular complexity index is 165. The summed E-state index contributed by atoms with van der Waals surface area (Å²) in [6.45, 7) is 5.60. The van der Waals surface area contributed by atoms with Crippen molar-refractivity contribution in [2.75, 3.05) is 0 Å². The standard InChI is InChI=1S/C8H11N/c1-7-5-3-4-6-8(7)9-2/h3-5,8H,2,6H2,1H3. The van der Waals surface area contributed by atoms with Crippen LogP contribution in [0.2, 0.25) is 0 Å². The predicted octanol–water partition coefficient (Wildman–Crippen LogP) is 1.96. The Morgan fingerprint density at radius 1 is 1.78 bits per heavy atom. The Morgan fingerprint density at radius 3 is 3.00 bits per heavy atom. The van der Waals surface area contributed by atoms with Crippen molar-refractivity contribution in [2.45, 2.75) is 19.4 Å². The average Bonchev–Trinajstić information content (AvgIpc) is 1.89. The molecule has 0 fully saturated rings. The summed E-state index contributed by atoms with van der Waals surface area (Å²) in [5.74, 6) is 0. The van der Waals surface area contributed by atoms with Crippen molar-refractivity contribution in [3.63, 3.8) is 0 Å². The number of nitrogens with zero attached hydrogens (tertiary/aromatic N) is 1. The third-order valence-corrected chi connectivity index (χ3v) is 1.60. The lowest BCUT2D eigenvalue weighted by molar-refractivity contribution is 0.782. The van der Waals surface area contributed by atoms with E-state index in [4.69, 9.17) is 0 Å². The smallest absolute Gasteiger partial charge is 0.0736 e. The van der Waals surface area contributed by atoms with E-state index in [1.54, 1.807) is 0 Å². The van der Waals surface area contributed by atoms with Gasteiger partial charge in [0.1, 0.15) is 0 Å². The highest BCUT2D eigenvalue weighted by Gasteiger charge is 2.06. The van der Waals surface area contributed by atoms with Crippen LogP contribution in [0.3, 0.4) is 0 Å². The zero-order chi connectivity index (χ0) is 6.69. The molecule has 0 aromatic rings. The van der Waals surface area contributed by atoms with Gasteiger partial charge in [0.15, 0.2) is 0 Å². The molecule has 0 spiro atoms. The minimum atomic E-state index is 0.343. The fraction of sp³-hybridized carbons (Fsp3) is 0.375. The lowest BCUT2D eigenvalue weighted by Crippen LogP contribution is -2.05. The molecular formula is C8H11N. The molecule has 1 aliphatic rings. The summed E-state index contributed by atoms with van der Waals surface area (Å²) in [5, 5.41) is 0. The SMILES string of the molecule is C=NC1CC=CC=C1C. The van der Waals surface area contributed by atoms with Gasteiger partial charge in [0.25, 0.3) is 0 Å². The van der Waals surface area contributed by atoms with Gasteiger partial charge in [-0.05, 0) is 25.6 Å². The molecule has 0 saturated carbocycles. The van der Waals surface area contributed by atoms with Gasteiger partial charge in [-0.3, -0.25) is 4.99 Å². The molecule has 0 N–H and O–H groups in total. The zero-order valence-electron chi connectivity index (χ0n) is 5.67. The minimum absolute atomic E-state index is 0.343. The van der Waals surface area contributed by atoms with Crippen LogP contribution in [0.1, 0.15) is 13.3 Å². The van der Waals surface area contributed by atoms with Crippen molar-refractivity contribution in [2.24, 2.45) is 4.99 Å². The quantitative estimate of drug-likeness (QED) is 0.470. The highest BCUT2D eigenvalue weighted by molar-refractivity contribution is 5.30. The van der Waals surface area contributed by atoms with Crippen molar-refractivity contribution < 1.29 is 0 Å². The van der Waals surface area contributed by atoms with Crippen molar-refractivity contribution in [1.29, 1.82) is 0 Å². The van der Waals surface area contributed by atoms with Gasteiger partial charge in [-0.25, -0.2) is 0 Å². The topological polar surface area (TPSA) is 12.4 Å². The van der Waals surface area contributed by atoms with Gasteiger partial charge in [0.2, 0.25) is 0 Å². The highest BCUT2D eigenvalue weighted by Crippen LogP contribution is 2.14. The first-order valence-corrected chi connectivity index (χ1v) is 3.13. The van der Waals surface area contributed by atoms with E-state index in [-0.39, 0.29) is 0 Å². The summed E-state index contributed by atoms with van der Waals surface area (Å²) in [5.41, 5.74) is 1.31. The van der Waals surface area contributed by atoms with Crippen LogP contribution < -0.4 is 0 Å². The number of hydrogen-bond donors (Lipinski definition) is 0. The molecule has 0 amide bonds. The summed E-state index contributed by atoms with van der Waals surface area (Å²) >= 11 is 0. The number of rotatable bonds is 1. The van der Waals surface area contributed by atoms with Crippen LogP contribution >= 0.6 is 0 Å².